The number of fused-ring (bicyclic) bond motifs is 1. The Bertz CT molecular complexity index is 876. The second-order valence-corrected chi connectivity index (χ2v) is 5.63. The predicted molar refractivity (Wildman–Crippen MR) is 88.5 cm³/mol. The fraction of sp³-hybridized carbons (Fsp3) is 0.222. The van der Waals surface area contributed by atoms with Gasteiger partial charge in [-0.3, -0.25) is 4.79 Å². The van der Waals surface area contributed by atoms with E-state index in [-0.39, 0.29) is 18.9 Å². The molecule has 24 heavy (non-hydrogen) atoms. The van der Waals surface area contributed by atoms with E-state index in [0.29, 0.717) is 5.56 Å². The number of rotatable bonds is 5. The smallest absolute Gasteiger partial charge is 0.223 e. The molecule has 0 saturated carbocycles. The topological polar surface area (TPSA) is 67.2 Å². The average Bonchev–Trinajstić information content (AvgIpc) is 2.89. The first-order valence-corrected chi connectivity index (χ1v) is 7.65. The molecule has 1 amide bonds. The highest BCUT2D eigenvalue weighted by Gasteiger charge is 2.14. The molecule has 1 unspecified atom stereocenters. The van der Waals surface area contributed by atoms with Crippen LogP contribution in [0.5, 0.6) is 0 Å². The molecule has 0 aliphatic rings. The van der Waals surface area contributed by atoms with Gasteiger partial charge in [-0.25, -0.2) is 9.37 Å². The third-order valence-electron chi connectivity index (χ3n) is 3.94. The summed E-state index contributed by atoms with van der Waals surface area (Å²) in [6.07, 6.45) is -1.17. The molecule has 1 aromatic heterocycles. The Balaban J connectivity index is 1.61. The number of aryl methyl sites for hydroxylation is 1. The molecular formula is C18H18FN3O2. The zero-order valence-electron chi connectivity index (χ0n) is 13.2. The van der Waals surface area contributed by atoms with Crippen LogP contribution in [0.4, 0.5) is 4.39 Å². The Labute approximate surface area is 138 Å². The summed E-state index contributed by atoms with van der Waals surface area (Å²) in [6, 6.07) is 13.3. The van der Waals surface area contributed by atoms with Crippen molar-refractivity contribution in [1.82, 2.24) is 14.9 Å². The molecule has 1 heterocycles. The van der Waals surface area contributed by atoms with Gasteiger partial charge in [-0.2, -0.15) is 0 Å². The number of halogens is 1. The summed E-state index contributed by atoms with van der Waals surface area (Å²) in [7, 11) is 1.89. The molecule has 0 aliphatic carbocycles. The molecule has 1 atom stereocenters. The summed E-state index contributed by atoms with van der Waals surface area (Å²) in [6.45, 7) is 0.264. The minimum atomic E-state index is -1.04. The van der Waals surface area contributed by atoms with Gasteiger partial charge in [0.05, 0.1) is 30.1 Å². The summed E-state index contributed by atoms with van der Waals surface area (Å²) in [5.74, 6) is -0.0322. The molecule has 6 heteroatoms. The van der Waals surface area contributed by atoms with E-state index in [1.807, 2.05) is 35.9 Å². The van der Waals surface area contributed by atoms with Crippen LogP contribution in [0.3, 0.4) is 0 Å². The second-order valence-electron chi connectivity index (χ2n) is 5.63. The standard InChI is InChI=1S/C18H18FN3O2/c1-22-15-8-3-2-7-14(15)21-17(22)11-20-18(24)10-16(23)12-5-4-6-13(19)9-12/h2-9,16,23H,10-11H2,1H3,(H,20,24). The van der Waals surface area contributed by atoms with E-state index in [9.17, 15) is 14.3 Å². The lowest BCUT2D eigenvalue weighted by molar-refractivity contribution is -0.123. The van der Waals surface area contributed by atoms with Crippen molar-refractivity contribution in [3.63, 3.8) is 0 Å². The Morgan fingerprint density at radius 3 is 2.83 bits per heavy atom. The van der Waals surface area contributed by atoms with Crippen molar-refractivity contribution in [2.45, 2.75) is 19.1 Å². The summed E-state index contributed by atoms with van der Waals surface area (Å²) >= 11 is 0. The fourth-order valence-electron chi connectivity index (χ4n) is 2.61. The van der Waals surface area contributed by atoms with Crippen LogP contribution >= 0.6 is 0 Å². The minimum absolute atomic E-state index is 0.132. The van der Waals surface area contributed by atoms with Crippen molar-refractivity contribution in [3.05, 3.63) is 65.7 Å². The molecule has 0 spiro atoms. The van der Waals surface area contributed by atoms with E-state index in [4.69, 9.17) is 0 Å². The Morgan fingerprint density at radius 1 is 1.29 bits per heavy atom. The zero-order chi connectivity index (χ0) is 17.1. The lowest BCUT2D eigenvalue weighted by Gasteiger charge is -2.11. The minimum Gasteiger partial charge on any atom is -0.388 e. The van der Waals surface area contributed by atoms with Gasteiger partial charge < -0.3 is 15.0 Å². The number of carbonyl (C=O) groups is 1. The van der Waals surface area contributed by atoms with Gasteiger partial charge in [0, 0.05) is 7.05 Å². The number of nitrogens with one attached hydrogen (secondary N) is 1. The van der Waals surface area contributed by atoms with Crippen molar-refractivity contribution in [3.8, 4) is 0 Å². The third-order valence-corrected chi connectivity index (χ3v) is 3.94. The molecule has 124 valence electrons. The molecule has 0 radical (unpaired) electrons. The van der Waals surface area contributed by atoms with Gasteiger partial charge in [-0.15, -0.1) is 0 Å². The van der Waals surface area contributed by atoms with Crippen molar-refractivity contribution >= 4 is 16.9 Å². The van der Waals surface area contributed by atoms with Crippen LogP contribution in [-0.2, 0) is 18.4 Å². The number of hydrogen-bond donors (Lipinski definition) is 2. The highest BCUT2D eigenvalue weighted by molar-refractivity contribution is 5.77. The maximum Gasteiger partial charge on any atom is 0.223 e. The van der Waals surface area contributed by atoms with Crippen molar-refractivity contribution in [2.24, 2.45) is 7.05 Å². The number of aromatic nitrogens is 2. The average molecular weight is 327 g/mol. The van der Waals surface area contributed by atoms with Gasteiger partial charge in [0.2, 0.25) is 5.91 Å². The maximum absolute atomic E-state index is 13.2. The van der Waals surface area contributed by atoms with Crippen LogP contribution < -0.4 is 5.32 Å². The molecule has 0 bridgehead atoms. The van der Waals surface area contributed by atoms with Crippen LogP contribution in [0.1, 0.15) is 23.9 Å². The number of nitrogens with zero attached hydrogens (tertiary/aromatic N) is 2. The van der Waals surface area contributed by atoms with Gasteiger partial charge in [-0.05, 0) is 29.8 Å². The molecule has 0 fully saturated rings. The largest absolute Gasteiger partial charge is 0.388 e. The van der Waals surface area contributed by atoms with E-state index >= 15 is 0 Å². The fourth-order valence-corrected chi connectivity index (χ4v) is 2.61. The Morgan fingerprint density at radius 2 is 2.08 bits per heavy atom. The second kappa shape index (κ2) is 6.80. The number of hydrogen-bond acceptors (Lipinski definition) is 3. The van der Waals surface area contributed by atoms with Crippen LogP contribution in [0.2, 0.25) is 0 Å². The van der Waals surface area contributed by atoms with Gasteiger partial charge in [0.25, 0.3) is 0 Å². The molecular weight excluding hydrogens is 309 g/mol. The van der Waals surface area contributed by atoms with E-state index in [2.05, 4.69) is 10.3 Å². The highest BCUT2D eigenvalue weighted by atomic mass is 19.1. The van der Waals surface area contributed by atoms with Gasteiger partial charge in [-0.1, -0.05) is 24.3 Å². The van der Waals surface area contributed by atoms with E-state index in [1.165, 1.54) is 18.2 Å². The molecule has 2 aromatic carbocycles. The number of aliphatic hydroxyl groups is 1. The van der Waals surface area contributed by atoms with Crippen molar-refractivity contribution < 1.29 is 14.3 Å². The lowest BCUT2D eigenvalue weighted by atomic mass is 10.1. The first kappa shape index (κ1) is 16.1. The normalized spacial score (nSPS) is 12.3. The number of aliphatic hydroxyl groups excluding tert-OH is 1. The van der Waals surface area contributed by atoms with E-state index in [1.54, 1.807) is 6.07 Å². The highest BCUT2D eigenvalue weighted by Crippen LogP contribution is 2.18. The Hall–Kier alpha value is -2.73. The van der Waals surface area contributed by atoms with Gasteiger partial charge in [0.1, 0.15) is 11.6 Å². The van der Waals surface area contributed by atoms with Crippen LogP contribution in [0.25, 0.3) is 11.0 Å². The number of para-hydroxylation sites is 2. The quantitative estimate of drug-likeness (QED) is 0.756. The maximum atomic E-state index is 13.2. The molecule has 0 saturated heterocycles. The van der Waals surface area contributed by atoms with Crippen molar-refractivity contribution in [2.75, 3.05) is 0 Å². The zero-order valence-corrected chi connectivity index (χ0v) is 13.2. The monoisotopic (exact) mass is 327 g/mol. The first-order chi connectivity index (χ1) is 11.5. The molecule has 3 rings (SSSR count). The van der Waals surface area contributed by atoms with Crippen LogP contribution in [-0.4, -0.2) is 20.6 Å². The van der Waals surface area contributed by atoms with Crippen LogP contribution in [0, 0.1) is 5.82 Å². The Kier molecular flexibility index (Phi) is 4.57. The summed E-state index contributed by atoms with van der Waals surface area (Å²) in [5.41, 5.74) is 2.23. The number of carbonyl (C=O) groups excluding carboxylic acids is 1. The summed E-state index contributed by atoms with van der Waals surface area (Å²) < 4.78 is 15.1. The van der Waals surface area contributed by atoms with Gasteiger partial charge >= 0.3 is 0 Å². The predicted octanol–water partition coefficient (Wildman–Crippen LogP) is 2.45. The lowest BCUT2D eigenvalue weighted by Crippen LogP contribution is -2.26. The molecule has 0 aliphatic heterocycles. The molecule has 2 N–H and O–H groups in total. The van der Waals surface area contributed by atoms with E-state index < -0.39 is 11.9 Å². The molecule has 3 aromatic rings. The molecule has 5 nitrogen and oxygen atoms in total. The third kappa shape index (κ3) is 3.44. The number of amides is 1. The first-order valence-electron chi connectivity index (χ1n) is 7.65. The number of imidazole rings is 1. The summed E-state index contributed by atoms with van der Waals surface area (Å²) in [4.78, 5) is 16.5. The van der Waals surface area contributed by atoms with Crippen molar-refractivity contribution in [1.29, 1.82) is 0 Å². The van der Waals surface area contributed by atoms with Crippen LogP contribution in [0.15, 0.2) is 48.5 Å². The number of benzene rings is 2. The summed E-state index contributed by atoms with van der Waals surface area (Å²) in [5, 5.41) is 12.8. The van der Waals surface area contributed by atoms with Gasteiger partial charge in [0.15, 0.2) is 0 Å². The van der Waals surface area contributed by atoms with E-state index in [0.717, 1.165) is 16.9 Å². The SMILES string of the molecule is Cn1c(CNC(=O)CC(O)c2cccc(F)c2)nc2ccccc21.